The molecular weight excluding hydrogens is 304 g/mol. The number of carbonyl (C=O) groups is 1. The van der Waals surface area contributed by atoms with Crippen molar-refractivity contribution in [1.29, 1.82) is 0 Å². The lowest BCUT2D eigenvalue weighted by Crippen LogP contribution is -2.18. The molecule has 0 saturated heterocycles. The fourth-order valence-electron chi connectivity index (χ4n) is 2.11. The number of carbonyl (C=O) groups excluding carboxylic acids is 1. The molecule has 0 aromatic carbocycles. The van der Waals surface area contributed by atoms with Crippen molar-refractivity contribution in [3.63, 3.8) is 0 Å². The lowest BCUT2D eigenvalue weighted by atomic mass is 9.96. The van der Waals surface area contributed by atoms with Crippen molar-refractivity contribution in [3.05, 3.63) is 54.4 Å². The van der Waals surface area contributed by atoms with Gasteiger partial charge in [0, 0.05) is 24.0 Å². The number of aromatic nitrogens is 5. The van der Waals surface area contributed by atoms with E-state index < -0.39 is 0 Å². The van der Waals surface area contributed by atoms with E-state index in [-0.39, 0.29) is 11.3 Å². The van der Waals surface area contributed by atoms with Crippen molar-refractivity contribution < 1.29 is 4.79 Å². The topological polar surface area (TPSA) is 96.5 Å². The molecule has 122 valence electrons. The van der Waals surface area contributed by atoms with Crippen LogP contribution in [0, 0.1) is 0 Å². The van der Waals surface area contributed by atoms with Gasteiger partial charge in [-0.1, -0.05) is 26.8 Å². The summed E-state index contributed by atoms with van der Waals surface area (Å²) >= 11 is 0. The van der Waals surface area contributed by atoms with Crippen LogP contribution in [0.2, 0.25) is 0 Å². The van der Waals surface area contributed by atoms with Crippen LogP contribution in [0.15, 0.2) is 43.0 Å². The molecule has 0 radical (unpaired) electrons. The monoisotopic (exact) mass is 322 g/mol. The summed E-state index contributed by atoms with van der Waals surface area (Å²) < 4.78 is 0. The minimum absolute atomic E-state index is 0.161. The number of rotatable bonds is 3. The molecule has 0 unspecified atom stereocenters. The van der Waals surface area contributed by atoms with E-state index in [2.05, 4.69) is 30.5 Å². The number of amides is 1. The predicted molar refractivity (Wildman–Crippen MR) is 90.5 cm³/mol. The molecule has 1 amide bonds. The largest absolute Gasteiger partial charge is 0.319 e. The molecule has 24 heavy (non-hydrogen) atoms. The van der Waals surface area contributed by atoms with Crippen LogP contribution in [-0.2, 0) is 5.41 Å². The number of H-pyrrole nitrogens is 1. The Labute approximate surface area is 139 Å². The Balaban J connectivity index is 1.80. The summed E-state index contributed by atoms with van der Waals surface area (Å²) in [5, 5.41) is 9.64. The highest BCUT2D eigenvalue weighted by Gasteiger charge is 2.18. The van der Waals surface area contributed by atoms with Gasteiger partial charge in [-0.25, -0.2) is 9.97 Å². The van der Waals surface area contributed by atoms with Crippen molar-refractivity contribution in [2.75, 3.05) is 5.32 Å². The molecule has 0 aliphatic rings. The second-order valence-electron chi connectivity index (χ2n) is 6.37. The lowest BCUT2D eigenvalue weighted by molar-refractivity contribution is 0.102. The van der Waals surface area contributed by atoms with Crippen LogP contribution in [0.5, 0.6) is 0 Å². The molecule has 7 heteroatoms. The number of anilines is 1. The van der Waals surface area contributed by atoms with Gasteiger partial charge in [0.1, 0.15) is 11.5 Å². The van der Waals surface area contributed by atoms with Gasteiger partial charge < -0.3 is 5.32 Å². The number of pyridine rings is 1. The zero-order chi connectivity index (χ0) is 17.2. The first-order chi connectivity index (χ1) is 11.4. The van der Waals surface area contributed by atoms with Gasteiger partial charge in [-0.05, 0) is 12.1 Å². The maximum absolute atomic E-state index is 12.4. The zero-order valence-corrected chi connectivity index (χ0v) is 13.7. The molecule has 0 atom stereocenters. The Kier molecular flexibility index (Phi) is 4.07. The van der Waals surface area contributed by atoms with E-state index in [1.54, 1.807) is 12.4 Å². The van der Waals surface area contributed by atoms with Crippen LogP contribution in [0.4, 0.5) is 5.69 Å². The molecule has 3 rings (SSSR count). The molecular formula is C17H18N6O. The summed E-state index contributed by atoms with van der Waals surface area (Å²) in [6.45, 7) is 6.06. The summed E-state index contributed by atoms with van der Waals surface area (Å²) in [5.41, 5.74) is 2.13. The van der Waals surface area contributed by atoms with E-state index in [0.717, 1.165) is 0 Å². The summed E-state index contributed by atoms with van der Waals surface area (Å²) in [5.74, 6) is 0.394. The second kappa shape index (κ2) is 6.19. The number of hydrogen-bond donors (Lipinski definition) is 2. The maximum atomic E-state index is 12.4. The molecule has 0 aliphatic heterocycles. The van der Waals surface area contributed by atoms with E-state index in [4.69, 9.17) is 0 Å². The summed E-state index contributed by atoms with van der Waals surface area (Å²) in [7, 11) is 0. The van der Waals surface area contributed by atoms with Gasteiger partial charge in [0.05, 0.1) is 23.1 Å². The Morgan fingerprint density at radius 1 is 1.08 bits per heavy atom. The van der Waals surface area contributed by atoms with Crippen LogP contribution in [0.3, 0.4) is 0 Å². The van der Waals surface area contributed by atoms with Crippen LogP contribution in [0.25, 0.3) is 11.4 Å². The van der Waals surface area contributed by atoms with Gasteiger partial charge in [-0.3, -0.25) is 14.9 Å². The van der Waals surface area contributed by atoms with Crippen LogP contribution in [0.1, 0.15) is 37.0 Å². The van der Waals surface area contributed by atoms with Gasteiger partial charge >= 0.3 is 0 Å². The molecule has 0 aliphatic carbocycles. The summed E-state index contributed by atoms with van der Waals surface area (Å²) in [4.78, 5) is 25.2. The third-order valence-electron chi connectivity index (χ3n) is 3.39. The second-order valence-corrected chi connectivity index (χ2v) is 6.37. The molecule has 0 saturated carbocycles. The van der Waals surface area contributed by atoms with Gasteiger partial charge in [0.25, 0.3) is 5.91 Å². The Bertz CT molecular complexity index is 834. The smallest absolute Gasteiger partial charge is 0.258 e. The molecule has 2 N–H and O–H groups in total. The molecule has 3 aromatic heterocycles. The van der Waals surface area contributed by atoms with Crippen molar-refractivity contribution >= 4 is 11.6 Å². The standard InChI is InChI=1S/C17H18N6O/c1-17(2,3)16-19-8-11(9-20-16)15(24)22-13-10-21-23-14(13)12-6-4-5-7-18-12/h4-10H,1-3H3,(H,21,23)(H,22,24). The van der Waals surface area contributed by atoms with E-state index >= 15 is 0 Å². The molecule has 7 nitrogen and oxygen atoms in total. The minimum Gasteiger partial charge on any atom is -0.319 e. The zero-order valence-electron chi connectivity index (χ0n) is 13.7. The van der Waals surface area contributed by atoms with Crippen molar-refractivity contribution in [2.24, 2.45) is 0 Å². The highest BCUT2D eigenvalue weighted by atomic mass is 16.1. The molecule has 0 spiro atoms. The normalized spacial score (nSPS) is 11.3. The first-order valence-electron chi connectivity index (χ1n) is 7.54. The number of hydrogen-bond acceptors (Lipinski definition) is 5. The molecule has 3 heterocycles. The summed E-state index contributed by atoms with van der Waals surface area (Å²) in [6.07, 6.45) is 6.29. The number of aromatic amines is 1. The fraction of sp³-hybridized carbons (Fsp3) is 0.235. The first kappa shape index (κ1) is 15.8. The average molecular weight is 322 g/mol. The Morgan fingerprint density at radius 3 is 2.46 bits per heavy atom. The molecule has 0 fully saturated rings. The van der Waals surface area contributed by atoms with Crippen molar-refractivity contribution in [2.45, 2.75) is 26.2 Å². The lowest BCUT2D eigenvalue weighted by Gasteiger charge is -2.15. The van der Waals surface area contributed by atoms with Gasteiger partial charge in [-0.2, -0.15) is 5.10 Å². The van der Waals surface area contributed by atoms with E-state index in [1.807, 2.05) is 39.0 Å². The van der Waals surface area contributed by atoms with Crippen molar-refractivity contribution in [3.8, 4) is 11.4 Å². The number of nitrogens with zero attached hydrogens (tertiary/aromatic N) is 4. The highest BCUT2D eigenvalue weighted by Crippen LogP contribution is 2.23. The van der Waals surface area contributed by atoms with Crippen LogP contribution >= 0.6 is 0 Å². The van der Waals surface area contributed by atoms with Gasteiger partial charge in [0.15, 0.2) is 0 Å². The van der Waals surface area contributed by atoms with Crippen molar-refractivity contribution in [1.82, 2.24) is 25.1 Å². The van der Waals surface area contributed by atoms with Gasteiger partial charge in [0.2, 0.25) is 0 Å². The Morgan fingerprint density at radius 2 is 1.83 bits per heavy atom. The maximum Gasteiger partial charge on any atom is 0.258 e. The minimum atomic E-state index is -0.297. The van der Waals surface area contributed by atoms with Gasteiger partial charge in [-0.15, -0.1) is 0 Å². The third kappa shape index (κ3) is 3.29. The molecule has 3 aromatic rings. The molecule has 0 bridgehead atoms. The highest BCUT2D eigenvalue weighted by molar-refractivity contribution is 6.05. The van der Waals surface area contributed by atoms with E-state index in [1.165, 1.54) is 12.4 Å². The Hall–Kier alpha value is -3.09. The van der Waals surface area contributed by atoms with E-state index in [0.29, 0.717) is 28.5 Å². The quantitative estimate of drug-likeness (QED) is 0.773. The van der Waals surface area contributed by atoms with Crippen LogP contribution in [-0.4, -0.2) is 31.1 Å². The fourth-order valence-corrected chi connectivity index (χ4v) is 2.11. The van der Waals surface area contributed by atoms with E-state index in [9.17, 15) is 4.79 Å². The predicted octanol–water partition coefficient (Wildman–Crippen LogP) is 2.81. The SMILES string of the molecule is CC(C)(C)c1ncc(C(=O)Nc2cn[nH]c2-c2ccccn2)cn1. The number of nitrogens with one attached hydrogen (secondary N) is 2. The average Bonchev–Trinajstić information content (AvgIpc) is 3.03. The first-order valence-corrected chi connectivity index (χ1v) is 7.54. The third-order valence-corrected chi connectivity index (χ3v) is 3.39. The van der Waals surface area contributed by atoms with Crippen LogP contribution < -0.4 is 5.32 Å². The summed E-state index contributed by atoms with van der Waals surface area (Å²) in [6, 6.07) is 5.53.